The highest BCUT2D eigenvalue weighted by Gasteiger charge is 2.82. The van der Waals surface area contributed by atoms with Gasteiger partial charge in [0.25, 0.3) is 0 Å². The van der Waals surface area contributed by atoms with Crippen LogP contribution in [0.25, 0.3) is 0 Å². The van der Waals surface area contributed by atoms with Gasteiger partial charge in [0, 0.05) is 28.0 Å². The Balaban J connectivity index is 1.72. The number of nitrogens with zero attached hydrogens (tertiary/aromatic N) is 1. The molecule has 1 saturated carbocycles. The SMILES string of the molecule is CCOC(=O)[C@@H]1C[C@H]2C(Cl)=C[C@@]13[C@H]1Cc4ccc(OC)c5c4[C@@]3(CCN1C)[C@@]2(C)O5. The number of ether oxygens (including phenoxy) is 3. The van der Waals surface area contributed by atoms with Crippen molar-refractivity contribution in [3.63, 3.8) is 0 Å². The molecule has 0 unspecified atom stereocenters. The third-order valence-corrected chi connectivity index (χ3v) is 9.46. The molecule has 2 aliphatic heterocycles. The lowest BCUT2D eigenvalue weighted by atomic mass is 9.33. The van der Waals surface area contributed by atoms with Crippen LogP contribution in [-0.4, -0.2) is 49.8 Å². The number of piperidine rings is 1. The van der Waals surface area contributed by atoms with Crippen molar-refractivity contribution in [2.75, 3.05) is 27.3 Å². The van der Waals surface area contributed by atoms with Crippen LogP contribution >= 0.6 is 11.6 Å². The maximum atomic E-state index is 13.4. The molecule has 160 valence electrons. The lowest BCUT2D eigenvalue weighted by Gasteiger charge is -2.72. The van der Waals surface area contributed by atoms with E-state index in [0.717, 1.165) is 35.9 Å². The molecule has 0 radical (unpaired) electrons. The smallest absolute Gasteiger partial charge is 0.309 e. The summed E-state index contributed by atoms with van der Waals surface area (Å²) in [5, 5.41) is 0.837. The number of carbonyl (C=O) groups is 1. The Labute approximate surface area is 182 Å². The summed E-state index contributed by atoms with van der Waals surface area (Å²) in [5.41, 5.74) is 1.31. The maximum Gasteiger partial charge on any atom is 0.309 e. The molecule has 1 saturated heterocycles. The van der Waals surface area contributed by atoms with E-state index >= 15 is 0 Å². The summed E-state index contributed by atoms with van der Waals surface area (Å²) < 4.78 is 18.3. The zero-order valence-corrected chi connectivity index (χ0v) is 18.7. The molecule has 30 heavy (non-hydrogen) atoms. The lowest BCUT2D eigenvalue weighted by Crippen LogP contribution is -2.80. The van der Waals surface area contributed by atoms with Crippen molar-refractivity contribution in [3.8, 4) is 11.5 Å². The van der Waals surface area contributed by atoms with Gasteiger partial charge < -0.3 is 19.1 Å². The van der Waals surface area contributed by atoms with Crippen molar-refractivity contribution >= 4 is 17.6 Å². The van der Waals surface area contributed by atoms with Gasteiger partial charge in [-0.15, -0.1) is 0 Å². The molecule has 0 N–H and O–H groups in total. The van der Waals surface area contributed by atoms with Gasteiger partial charge in [-0.1, -0.05) is 23.7 Å². The second kappa shape index (κ2) is 5.74. The van der Waals surface area contributed by atoms with Crippen LogP contribution in [-0.2, 0) is 21.4 Å². The van der Waals surface area contributed by atoms with Crippen LogP contribution in [0.15, 0.2) is 23.2 Å². The minimum Gasteiger partial charge on any atom is -0.493 e. The third kappa shape index (κ3) is 1.74. The second-order valence-corrected chi connectivity index (χ2v) is 10.2. The molecule has 2 fully saturated rings. The zero-order valence-electron chi connectivity index (χ0n) is 18.0. The van der Waals surface area contributed by atoms with Gasteiger partial charge in [-0.05, 0) is 58.3 Å². The van der Waals surface area contributed by atoms with E-state index in [1.165, 1.54) is 11.1 Å². The van der Waals surface area contributed by atoms with Crippen molar-refractivity contribution in [2.24, 2.45) is 17.3 Å². The first-order valence-electron chi connectivity index (χ1n) is 11.0. The first-order valence-corrected chi connectivity index (χ1v) is 11.4. The molecule has 1 aromatic rings. The van der Waals surface area contributed by atoms with Crippen LogP contribution in [0.1, 0.15) is 37.8 Å². The number of halogens is 1. The number of benzene rings is 1. The number of hydrogen-bond acceptors (Lipinski definition) is 5. The van der Waals surface area contributed by atoms with Gasteiger partial charge in [0.15, 0.2) is 11.5 Å². The summed E-state index contributed by atoms with van der Waals surface area (Å²) in [6.07, 6.45) is 4.71. The van der Waals surface area contributed by atoms with Crippen molar-refractivity contribution in [1.82, 2.24) is 4.90 Å². The van der Waals surface area contributed by atoms with Gasteiger partial charge in [0.1, 0.15) is 5.60 Å². The number of hydrogen-bond donors (Lipinski definition) is 0. The van der Waals surface area contributed by atoms with E-state index in [1.54, 1.807) is 7.11 Å². The number of fused-ring (bicyclic) bond motifs is 1. The number of likely N-dealkylation sites (N-methyl/N-ethyl adjacent to an activating group) is 1. The molecule has 4 bridgehead atoms. The quantitative estimate of drug-likeness (QED) is 0.686. The van der Waals surface area contributed by atoms with Gasteiger partial charge in [0.05, 0.1) is 25.0 Å². The predicted molar refractivity (Wildman–Crippen MR) is 113 cm³/mol. The van der Waals surface area contributed by atoms with E-state index in [1.807, 2.05) is 13.0 Å². The Morgan fingerprint density at radius 3 is 2.93 bits per heavy atom. The number of carbonyl (C=O) groups excluding carboxylic acids is 1. The first-order chi connectivity index (χ1) is 14.4. The van der Waals surface area contributed by atoms with Gasteiger partial charge >= 0.3 is 5.97 Å². The van der Waals surface area contributed by atoms with Gasteiger partial charge in [-0.3, -0.25) is 4.79 Å². The van der Waals surface area contributed by atoms with Crippen molar-refractivity contribution in [1.29, 1.82) is 0 Å². The molecule has 6 atom stereocenters. The largest absolute Gasteiger partial charge is 0.493 e. The Bertz CT molecular complexity index is 1010. The van der Waals surface area contributed by atoms with Gasteiger partial charge in [-0.2, -0.15) is 0 Å². The second-order valence-electron chi connectivity index (χ2n) is 9.75. The highest BCUT2D eigenvalue weighted by atomic mass is 35.5. The molecule has 4 aliphatic carbocycles. The van der Waals surface area contributed by atoms with E-state index in [4.69, 9.17) is 25.8 Å². The summed E-state index contributed by atoms with van der Waals surface area (Å²) in [5.74, 6) is 1.28. The molecular formula is C24H28ClNO4. The molecule has 5 nitrogen and oxygen atoms in total. The summed E-state index contributed by atoms with van der Waals surface area (Å²) in [4.78, 5) is 15.8. The molecule has 0 amide bonds. The number of esters is 1. The summed E-state index contributed by atoms with van der Waals surface area (Å²) >= 11 is 6.96. The fourth-order valence-electron chi connectivity index (χ4n) is 8.08. The highest BCUT2D eigenvalue weighted by molar-refractivity contribution is 6.30. The topological polar surface area (TPSA) is 48.0 Å². The molecule has 1 aromatic carbocycles. The van der Waals surface area contributed by atoms with E-state index in [2.05, 4.69) is 31.0 Å². The van der Waals surface area contributed by atoms with Crippen LogP contribution in [0, 0.1) is 17.3 Å². The van der Waals surface area contributed by atoms with Gasteiger partial charge in [0.2, 0.25) is 0 Å². The van der Waals surface area contributed by atoms with Crippen molar-refractivity contribution < 1.29 is 19.0 Å². The lowest BCUT2D eigenvalue weighted by molar-refractivity contribution is -0.205. The number of methoxy groups -OCH3 is 1. The fourth-order valence-corrected chi connectivity index (χ4v) is 8.56. The van der Waals surface area contributed by atoms with Gasteiger partial charge in [-0.25, -0.2) is 0 Å². The van der Waals surface area contributed by atoms with Crippen LogP contribution < -0.4 is 9.47 Å². The Morgan fingerprint density at radius 2 is 2.20 bits per heavy atom. The monoisotopic (exact) mass is 429 g/mol. The first kappa shape index (κ1) is 19.0. The Morgan fingerprint density at radius 1 is 1.40 bits per heavy atom. The third-order valence-electron chi connectivity index (χ3n) is 9.09. The highest BCUT2D eigenvalue weighted by Crippen LogP contribution is 2.78. The maximum absolute atomic E-state index is 13.4. The standard InChI is InChI=1S/C24H28ClNO4/c1-5-29-21(27)15-11-14-16(25)12-23(15)18-10-13-6-7-17(28-4)20-19(13)24(23,8-9-26(18)3)22(14,2)30-20/h6-7,12,14-15,18H,5,8-11H2,1-4H3/t14-,15-,18+,22-,23-,24-/m0/s1. The summed E-state index contributed by atoms with van der Waals surface area (Å²) in [6.45, 7) is 5.46. The van der Waals surface area contributed by atoms with Crippen LogP contribution in [0.3, 0.4) is 0 Å². The van der Waals surface area contributed by atoms with Crippen molar-refractivity contribution in [3.05, 3.63) is 34.4 Å². The zero-order chi connectivity index (χ0) is 21.1. The predicted octanol–water partition coefficient (Wildman–Crippen LogP) is 3.67. The van der Waals surface area contributed by atoms with Crippen LogP contribution in [0.4, 0.5) is 0 Å². The Kier molecular flexibility index (Phi) is 3.64. The van der Waals surface area contributed by atoms with E-state index in [9.17, 15) is 4.79 Å². The van der Waals surface area contributed by atoms with E-state index in [0.29, 0.717) is 13.0 Å². The molecular weight excluding hydrogens is 402 g/mol. The molecule has 6 aliphatic rings. The van der Waals surface area contributed by atoms with E-state index < -0.39 is 11.0 Å². The summed E-state index contributed by atoms with van der Waals surface area (Å²) in [7, 11) is 3.88. The molecule has 7 rings (SSSR count). The molecule has 6 heteroatoms. The van der Waals surface area contributed by atoms with Crippen molar-refractivity contribution in [2.45, 2.75) is 50.2 Å². The summed E-state index contributed by atoms with van der Waals surface area (Å²) in [6, 6.07) is 4.39. The molecule has 2 heterocycles. The Hall–Kier alpha value is -1.72. The average molecular weight is 430 g/mol. The average Bonchev–Trinajstić information content (AvgIpc) is 2.99. The van der Waals surface area contributed by atoms with E-state index in [-0.39, 0.29) is 29.3 Å². The minimum atomic E-state index is -0.506. The fraction of sp³-hybridized carbons (Fsp3) is 0.625. The molecule has 2 spiro atoms. The minimum absolute atomic E-state index is 0.0393. The van der Waals surface area contributed by atoms with Crippen LogP contribution in [0.5, 0.6) is 11.5 Å². The molecule has 0 aromatic heterocycles. The number of rotatable bonds is 3. The number of likely N-dealkylation sites (tertiary alicyclic amines) is 1. The normalized spacial score (nSPS) is 42.3. The van der Waals surface area contributed by atoms with Crippen LogP contribution in [0.2, 0.25) is 0 Å².